The second-order valence-electron chi connectivity index (χ2n) is 4.05. The molecular formula is C11H14BrNO. The average molecular weight is 256 g/mol. The summed E-state index contributed by atoms with van der Waals surface area (Å²) in [6.07, 6.45) is 0.544. The summed E-state index contributed by atoms with van der Waals surface area (Å²) in [4.78, 5) is 0. The number of benzene rings is 1. The molecule has 0 saturated carbocycles. The largest absolute Gasteiger partial charge is 0.392 e. The Morgan fingerprint density at radius 3 is 2.79 bits per heavy atom. The zero-order valence-corrected chi connectivity index (χ0v) is 9.71. The lowest BCUT2D eigenvalue weighted by molar-refractivity contribution is 0.186. The number of aliphatic hydroxyl groups excluding tert-OH is 1. The molecule has 1 aromatic carbocycles. The van der Waals surface area contributed by atoms with Crippen molar-refractivity contribution in [3.05, 3.63) is 34.3 Å². The number of hydrogen-bond donors (Lipinski definition) is 2. The minimum absolute atomic E-state index is 0.0977. The van der Waals surface area contributed by atoms with Gasteiger partial charge in [-0.1, -0.05) is 34.1 Å². The molecule has 0 aliphatic carbocycles. The monoisotopic (exact) mass is 255 g/mol. The van der Waals surface area contributed by atoms with Crippen LogP contribution in [0.25, 0.3) is 0 Å². The fraction of sp³-hybridized carbons (Fsp3) is 0.455. The van der Waals surface area contributed by atoms with Crippen molar-refractivity contribution in [2.75, 3.05) is 6.54 Å². The smallest absolute Gasteiger partial charge is 0.0685 e. The third-order valence-electron chi connectivity index (χ3n) is 2.84. The van der Waals surface area contributed by atoms with Crippen molar-refractivity contribution in [2.24, 2.45) is 0 Å². The van der Waals surface area contributed by atoms with Crippen molar-refractivity contribution in [1.29, 1.82) is 0 Å². The van der Waals surface area contributed by atoms with E-state index in [1.54, 1.807) is 0 Å². The quantitative estimate of drug-likeness (QED) is 0.805. The first-order chi connectivity index (χ1) is 6.62. The van der Waals surface area contributed by atoms with Gasteiger partial charge < -0.3 is 10.4 Å². The molecule has 2 unspecified atom stereocenters. The molecule has 1 saturated heterocycles. The molecule has 1 aliphatic heterocycles. The number of aliphatic hydroxyl groups is 1. The van der Waals surface area contributed by atoms with Gasteiger partial charge in [-0.25, -0.2) is 0 Å². The molecule has 0 spiro atoms. The van der Waals surface area contributed by atoms with Gasteiger partial charge in [0.05, 0.1) is 6.10 Å². The molecule has 2 atom stereocenters. The van der Waals surface area contributed by atoms with Gasteiger partial charge >= 0.3 is 0 Å². The molecule has 1 aromatic rings. The zero-order chi connectivity index (χ0) is 10.2. The van der Waals surface area contributed by atoms with Crippen molar-refractivity contribution in [3.8, 4) is 0 Å². The van der Waals surface area contributed by atoms with E-state index in [-0.39, 0.29) is 11.6 Å². The number of hydrogen-bond acceptors (Lipinski definition) is 2. The first kappa shape index (κ1) is 10.1. The van der Waals surface area contributed by atoms with Crippen LogP contribution in [0.2, 0.25) is 0 Å². The molecule has 76 valence electrons. The van der Waals surface area contributed by atoms with Crippen molar-refractivity contribution in [1.82, 2.24) is 5.32 Å². The van der Waals surface area contributed by atoms with Gasteiger partial charge in [0.15, 0.2) is 0 Å². The standard InChI is InChI=1S/C11H14BrNO/c1-11(6-8(14)7-13-11)9-4-2-3-5-10(9)12/h2-5,8,13-14H,6-7H2,1H3. The van der Waals surface area contributed by atoms with E-state index < -0.39 is 0 Å². The second kappa shape index (κ2) is 3.65. The molecule has 0 aromatic heterocycles. The summed E-state index contributed by atoms with van der Waals surface area (Å²) in [7, 11) is 0. The summed E-state index contributed by atoms with van der Waals surface area (Å²) in [6, 6.07) is 8.15. The van der Waals surface area contributed by atoms with E-state index in [1.807, 2.05) is 18.2 Å². The normalized spacial score (nSPS) is 32.1. The topological polar surface area (TPSA) is 32.3 Å². The highest BCUT2D eigenvalue weighted by Crippen LogP contribution is 2.34. The van der Waals surface area contributed by atoms with Crippen LogP contribution in [0.15, 0.2) is 28.7 Å². The Morgan fingerprint density at radius 1 is 1.50 bits per heavy atom. The molecule has 3 heteroatoms. The predicted molar refractivity (Wildman–Crippen MR) is 60.1 cm³/mol. The number of halogens is 1. The first-order valence-electron chi connectivity index (χ1n) is 4.80. The molecular weight excluding hydrogens is 242 g/mol. The van der Waals surface area contributed by atoms with Crippen LogP contribution in [-0.2, 0) is 5.54 Å². The summed E-state index contributed by atoms with van der Waals surface area (Å²) in [5.41, 5.74) is 1.12. The van der Waals surface area contributed by atoms with Crippen molar-refractivity contribution < 1.29 is 5.11 Å². The van der Waals surface area contributed by atoms with Crippen molar-refractivity contribution in [2.45, 2.75) is 25.0 Å². The Bertz CT molecular complexity index is 342. The fourth-order valence-corrected chi connectivity index (χ4v) is 2.79. The lowest BCUT2D eigenvalue weighted by atomic mass is 9.90. The van der Waals surface area contributed by atoms with Crippen LogP contribution in [0, 0.1) is 0 Å². The molecule has 2 nitrogen and oxygen atoms in total. The highest BCUT2D eigenvalue weighted by atomic mass is 79.9. The Hall–Kier alpha value is -0.380. The van der Waals surface area contributed by atoms with E-state index in [0.29, 0.717) is 6.54 Å². The Kier molecular flexibility index (Phi) is 2.64. The van der Waals surface area contributed by atoms with Crippen LogP contribution in [0.1, 0.15) is 18.9 Å². The molecule has 1 heterocycles. The van der Waals surface area contributed by atoms with Gasteiger partial charge in [-0.15, -0.1) is 0 Å². The highest BCUT2D eigenvalue weighted by Gasteiger charge is 2.36. The molecule has 1 fully saturated rings. The van der Waals surface area contributed by atoms with Gasteiger partial charge in [0, 0.05) is 16.6 Å². The molecule has 0 amide bonds. The summed E-state index contributed by atoms with van der Waals surface area (Å²) < 4.78 is 1.10. The number of rotatable bonds is 1. The summed E-state index contributed by atoms with van der Waals surface area (Å²) in [5.74, 6) is 0. The van der Waals surface area contributed by atoms with E-state index in [2.05, 4.69) is 34.2 Å². The second-order valence-corrected chi connectivity index (χ2v) is 4.91. The maximum absolute atomic E-state index is 9.54. The summed E-state index contributed by atoms with van der Waals surface area (Å²) in [5, 5.41) is 12.9. The first-order valence-corrected chi connectivity index (χ1v) is 5.59. The van der Waals surface area contributed by atoms with Crippen molar-refractivity contribution in [3.63, 3.8) is 0 Å². The number of β-amino-alcohol motifs (C(OH)–C–C–N with tert-alkyl or cyclic N) is 1. The lowest BCUT2D eigenvalue weighted by Gasteiger charge is -2.26. The number of nitrogens with one attached hydrogen (secondary N) is 1. The lowest BCUT2D eigenvalue weighted by Crippen LogP contribution is -2.33. The maximum atomic E-state index is 9.54. The molecule has 2 N–H and O–H groups in total. The molecule has 1 aliphatic rings. The van der Waals surface area contributed by atoms with Gasteiger partial charge in [-0.2, -0.15) is 0 Å². The van der Waals surface area contributed by atoms with Gasteiger partial charge in [0.1, 0.15) is 0 Å². The van der Waals surface area contributed by atoms with Crippen LogP contribution in [0.4, 0.5) is 0 Å². The molecule has 0 radical (unpaired) electrons. The van der Waals surface area contributed by atoms with Crippen LogP contribution in [0.3, 0.4) is 0 Å². The third-order valence-corrected chi connectivity index (χ3v) is 3.53. The van der Waals surface area contributed by atoms with E-state index in [9.17, 15) is 5.11 Å². The van der Waals surface area contributed by atoms with Gasteiger partial charge in [-0.05, 0) is 25.0 Å². The van der Waals surface area contributed by atoms with Crippen LogP contribution >= 0.6 is 15.9 Å². The van der Waals surface area contributed by atoms with Crippen LogP contribution in [-0.4, -0.2) is 17.8 Å². The Morgan fingerprint density at radius 2 is 2.21 bits per heavy atom. The SMILES string of the molecule is CC1(c2ccccc2Br)CC(O)CN1. The zero-order valence-electron chi connectivity index (χ0n) is 8.13. The highest BCUT2D eigenvalue weighted by molar-refractivity contribution is 9.10. The van der Waals surface area contributed by atoms with E-state index >= 15 is 0 Å². The average Bonchev–Trinajstić information content (AvgIpc) is 2.48. The minimum Gasteiger partial charge on any atom is -0.392 e. The van der Waals surface area contributed by atoms with Gasteiger partial charge in [0.25, 0.3) is 0 Å². The van der Waals surface area contributed by atoms with Crippen LogP contribution in [0.5, 0.6) is 0 Å². The van der Waals surface area contributed by atoms with Gasteiger partial charge in [0.2, 0.25) is 0 Å². The predicted octanol–water partition coefficient (Wildman–Crippen LogP) is 2.02. The van der Waals surface area contributed by atoms with E-state index in [0.717, 1.165) is 10.9 Å². The van der Waals surface area contributed by atoms with Crippen molar-refractivity contribution >= 4 is 15.9 Å². The summed E-state index contributed by atoms with van der Waals surface area (Å²) in [6.45, 7) is 2.81. The molecule has 2 rings (SSSR count). The summed E-state index contributed by atoms with van der Waals surface area (Å²) >= 11 is 3.54. The Labute approximate surface area is 92.5 Å². The van der Waals surface area contributed by atoms with E-state index in [4.69, 9.17) is 0 Å². The molecule has 14 heavy (non-hydrogen) atoms. The van der Waals surface area contributed by atoms with Gasteiger partial charge in [-0.3, -0.25) is 0 Å². The molecule has 0 bridgehead atoms. The van der Waals surface area contributed by atoms with Crippen LogP contribution < -0.4 is 5.32 Å². The fourth-order valence-electron chi connectivity index (χ4n) is 2.07. The third kappa shape index (κ3) is 1.72. The van der Waals surface area contributed by atoms with E-state index in [1.165, 1.54) is 5.56 Å². The Balaban J connectivity index is 2.35. The minimum atomic E-state index is -0.230. The maximum Gasteiger partial charge on any atom is 0.0685 e.